The van der Waals surface area contributed by atoms with Crippen LogP contribution in [0.5, 0.6) is 0 Å². The number of halogens is 2. The zero-order valence-corrected chi connectivity index (χ0v) is 19.3. The Balaban J connectivity index is 1.25. The van der Waals surface area contributed by atoms with Crippen molar-refractivity contribution in [3.8, 4) is 0 Å². The molecular formula is C26H29F2N3O4. The van der Waals surface area contributed by atoms with Crippen LogP contribution in [-0.4, -0.2) is 65.8 Å². The predicted molar refractivity (Wildman–Crippen MR) is 124 cm³/mol. The molecule has 2 saturated heterocycles. The molecule has 9 heteroatoms. The Morgan fingerprint density at radius 1 is 1.11 bits per heavy atom. The summed E-state index contributed by atoms with van der Waals surface area (Å²) >= 11 is 0. The molecule has 0 saturated carbocycles. The number of alkyl halides is 2. The molecule has 2 fully saturated rings. The lowest BCUT2D eigenvalue weighted by atomic mass is 9.93. The number of carbonyl (C=O) groups is 2. The molecule has 2 amide bonds. The van der Waals surface area contributed by atoms with Gasteiger partial charge in [-0.15, -0.1) is 0 Å². The van der Waals surface area contributed by atoms with Crippen molar-refractivity contribution < 1.29 is 28.2 Å². The molecule has 186 valence electrons. The summed E-state index contributed by atoms with van der Waals surface area (Å²) in [6, 6.07) is 11.4. The number of ether oxygens (including phenoxy) is 1. The zero-order chi connectivity index (χ0) is 24.5. The van der Waals surface area contributed by atoms with Crippen LogP contribution in [0.4, 0.5) is 8.78 Å². The SMILES string of the molecule is O=C(NCC(O)C1Cc2ccccc2CN1)c1ccc(C(=O)N2C3CCC2COC3)cc1C(F)F. The largest absolute Gasteiger partial charge is 0.390 e. The van der Waals surface area contributed by atoms with Crippen molar-refractivity contribution in [1.29, 1.82) is 0 Å². The lowest BCUT2D eigenvalue weighted by Crippen LogP contribution is -2.49. The van der Waals surface area contributed by atoms with E-state index in [0.29, 0.717) is 26.2 Å². The van der Waals surface area contributed by atoms with Crippen LogP contribution in [-0.2, 0) is 17.7 Å². The predicted octanol–water partition coefficient (Wildman–Crippen LogP) is 2.43. The van der Waals surface area contributed by atoms with E-state index in [0.717, 1.165) is 24.5 Å². The Labute approximate surface area is 202 Å². The summed E-state index contributed by atoms with van der Waals surface area (Å²) in [6.45, 7) is 1.43. The molecule has 0 radical (unpaired) electrons. The van der Waals surface area contributed by atoms with Crippen molar-refractivity contribution in [3.63, 3.8) is 0 Å². The average Bonchev–Trinajstić information content (AvgIpc) is 3.13. The molecule has 0 spiro atoms. The van der Waals surface area contributed by atoms with Crippen molar-refractivity contribution in [3.05, 3.63) is 70.3 Å². The number of hydrogen-bond donors (Lipinski definition) is 3. The maximum absolute atomic E-state index is 13.9. The first-order valence-electron chi connectivity index (χ1n) is 12.0. The van der Waals surface area contributed by atoms with Crippen molar-refractivity contribution >= 4 is 11.8 Å². The number of morpholine rings is 1. The number of fused-ring (bicyclic) bond motifs is 3. The summed E-state index contributed by atoms with van der Waals surface area (Å²) in [5, 5.41) is 16.4. The van der Waals surface area contributed by atoms with Gasteiger partial charge in [0.2, 0.25) is 0 Å². The molecule has 3 heterocycles. The van der Waals surface area contributed by atoms with Crippen LogP contribution in [0.3, 0.4) is 0 Å². The summed E-state index contributed by atoms with van der Waals surface area (Å²) < 4.78 is 33.3. The second-order valence-electron chi connectivity index (χ2n) is 9.48. The van der Waals surface area contributed by atoms with Gasteiger partial charge in [0.25, 0.3) is 18.2 Å². The van der Waals surface area contributed by atoms with E-state index in [9.17, 15) is 23.5 Å². The van der Waals surface area contributed by atoms with Gasteiger partial charge >= 0.3 is 0 Å². The van der Waals surface area contributed by atoms with E-state index < -0.39 is 24.0 Å². The molecule has 2 aromatic carbocycles. The molecule has 3 aliphatic heterocycles. The third-order valence-electron chi connectivity index (χ3n) is 7.30. The van der Waals surface area contributed by atoms with Crippen molar-refractivity contribution in [2.45, 2.75) is 56.5 Å². The minimum absolute atomic E-state index is 0.0407. The van der Waals surface area contributed by atoms with Crippen molar-refractivity contribution in [2.75, 3.05) is 19.8 Å². The zero-order valence-electron chi connectivity index (χ0n) is 19.3. The van der Waals surface area contributed by atoms with Gasteiger partial charge in [-0.3, -0.25) is 9.59 Å². The van der Waals surface area contributed by atoms with E-state index >= 15 is 0 Å². The van der Waals surface area contributed by atoms with E-state index in [2.05, 4.69) is 10.6 Å². The summed E-state index contributed by atoms with van der Waals surface area (Å²) in [5.74, 6) is -1.02. The normalized spacial score (nSPS) is 24.2. The third-order valence-corrected chi connectivity index (χ3v) is 7.30. The maximum Gasteiger partial charge on any atom is 0.264 e. The van der Waals surface area contributed by atoms with Crippen molar-refractivity contribution in [1.82, 2.24) is 15.5 Å². The van der Waals surface area contributed by atoms with Gasteiger partial charge in [-0.05, 0) is 48.6 Å². The topological polar surface area (TPSA) is 90.9 Å². The van der Waals surface area contributed by atoms with Crippen LogP contribution in [0, 0.1) is 0 Å². The van der Waals surface area contributed by atoms with E-state index in [1.165, 1.54) is 17.7 Å². The molecule has 2 aromatic rings. The van der Waals surface area contributed by atoms with Gasteiger partial charge in [0, 0.05) is 35.8 Å². The fourth-order valence-electron chi connectivity index (χ4n) is 5.38. The van der Waals surface area contributed by atoms with Gasteiger partial charge in [-0.25, -0.2) is 8.78 Å². The first-order chi connectivity index (χ1) is 16.9. The third kappa shape index (κ3) is 4.80. The highest BCUT2D eigenvalue weighted by atomic mass is 19.3. The quantitative estimate of drug-likeness (QED) is 0.585. The molecule has 2 bridgehead atoms. The van der Waals surface area contributed by atoms with Crippen LogP contribution in [0.1, 0.15) is 56.7 Å². The molecule has 4 unspecified atom stereocenters. The van der Waals surface area contributed by atoms with Gasteiger partial charge in [-0.2, -0.15) is 0 Å². The average molecular weight is 486 g/mol. The highest BCUT2D eigenvalue weighted by molar-refractivity contribution is 5.99. The molecule has 0 aromatic heterocycles. The molecule has 3 aliphatic rings. The number of aliphatic hydroxyl groups is 1. The summed E-state index contributed by atoms with van der Waals surface area (Å²) in [6.07, 6.45) is -1.54. The second-order valence-corrected chi connectivity index (χ2v) is 9.48. The van der Waals surface area contributed by atoms with Gasteiger partial charge in [0.1, 0.15) is 0 Å². The fourth-order valence-corrected chi connectivity index (χ4v) is 5.38. The molecule has 4 atom stereocenters. The number of nitrogens with one attached hydrogen (secondary N) is 2. The number of hydrogen-bond acceptors (Lipinski definition) is 5. The standard InChI is InChI=1S/C26H29F2N3O4/c27-24(28)21-9-16(26(34)31-18-6-7-19(31)14-35-13-18)5-8-20(21)25(33)30-12-23(32)22-10-15-3-1-2-4-17(15)11-29-22/h1-5,8-9,18-19,22-24,29,32H,6-7,10-14H2,(H,30,33). The molecule has 5 rings (SSSR count). The summed E-state index contributed by atoms with van der Waals surface area (Å²) in [4.78, 5) is 27.6. The van der Waals surface area contributed by atoms with Crippen molar-refractivity contribution in [2.24, 2.45) is 0 Å². The molecule has 7 nitrogen and oxygen atoms in total. The number of nitrogens with zero attached hydrogens (tertiary/aromatic N) is 1. The van der Waals surface area contributed by atoms with Crippen LogP contribution in [0.25, 0.3) is 0 Å². The minimum atomic E-state index is -2.92. The van der Waals surface area contributed by atoms with E-state index in [4.69, 9.17) is 4.74 Å². The number of benzene rings is 2. The monoisotopic (exact) mass is 485 g/mol. The molecule has 35 heavy (non-hydrogen) atoms. The van der Waals surface area contributed by atoms with Gasteiger partial charge in [-0.1, -0.05) is 24.3 Å². The van der Waals surface area contributed by atoms with E-state index in [-0.39, 0.29) is 41.7 Å². The van der Waals surface area contributed by atoms with Crippen LogP contribution < -0.4 is 10.6 Å². The first-order valence-corrected chi connectivity index (χ1v) is 12.0. The number of carbonyl (C=O) groups excluding carboxylic acids is 2. The number of aliphatic hydroxyl groups excluding tert-OH is 1. The Morgan fingerprint density at radius 3 is 2.54 bits per heavy atom. The lowest BCUT2D eigenvalue weighted by molar-refractivity contribution is -0.00717. The molecule has 3 N–H and O–H groups in total. The number of amides is 2. The second kappa shape index (κ2) is 10.0. The number of rotatable bonds is 6. The van der Waals surface area contributed by atoms with Gasteiger partial charge < -0.3 is 25.4 Å². The Kier molecular flexibility index (Phi) is 6.82. The Morgan fingerprint density at radius 2 is 1.83 bits per heavy atom. The van der Waals surface area contributed by atoms with Crippen LogP contribution in [0.2, 0.25) is 0 Å². The maximum atomic E-state index is 13.9. The Bertz CT molecular complexity index is 1100. The van der Waals surface area contributed by atoms with E-state index in [1.807, 2.05) is 24.3 Å². The van der Waals surface area contributed by atoms with Crippen LogP contribution >= 0.6 is 0 Å². The fraction of sp³-hybridized carbons (Fsp3) is 0.462. The highest BCUT2D eigenvalue weighted by Gasteiger charge is 2.41. The molecule has 0 aliphatic carbocycles. The summed E-state index contributed by atoms with van der Waals surface area (Å²) in [5.41, 5.74) is 1.75. The van der Waals surface area contributed by atoms with Gasteiger partial charge in [0.15, 0.2) is 0 Å². The molecular weight excluding hydrogens is 456 g/mol. The van der Waals surface area contributed by atoms with E-state index in [1.54, 1.807) is 4.90 Å². The lowest BCUT2D eigenvalue weighted by Gasteiger charge is -2.34. The smallest absolute Gasteiger partial charge is 0.264 e. The Hall–Kier alpha value is -2.88. The summed E-state index contributed by atoms with van der Waals surface area (Å²) in [7, 11) is 0. The van der Waals surface area contributed by atoms with Crippen LogP contribution in [0.15, 0.2) is 42.5 Å². The minimum Gasteiger partial charge on any atom is -0.390 e. The highest BCUT2D eigenvalue weighted by Crippen LogP contribution is 2.32. The first kappa shape index (κ1) is 23.8. The van der Waals surface area contributed by atoms with Gasteiger partial charge in [0.05, 0.1) is 31.4 Å².